The van der Waals surface area contributed by atoms with E-state index in [4.69, 9.17) is 4.74 Å². The highest BCUT2D eigenvalue weighted by atomic mass is 32.2. The molecule has 1 N–H and O–H groups in total. The molecule has 0 radical (unpaired) electrons. The molecule has 0 fully saturated rings. The highest BCUT2D eigenvalue weighted by molar-refractivity contribution is 7.92. The number of sulfonamides is 1. The molecule has 0 saturated heterocycles. The lowest BCUT2D eigenvalue weighted by molar-refractivity contribution is -0.119. The Bertz CT molecular complexity index is 1090. The minimum atomic E-state index is -3.97. The Morgan fingerprint density at radius 2 is 1.52 bits per heavy atom. The monoisotopic (exact) mass is 438 g/mol. The van der Waals surface area contributed by atoms with Crippen LogP contribution < -0.4 is 14.4 Å². The summed E-state index contributed by atoms with van der Waals surface area (Å²) >= 11 is 0. The van der Waals surface area contributed by atoms with Crippen molar-refractivity contribution in [2.24, 2.45) is 0 Å². The fourth-order valence-corrected chi connectivity index (χ4v) is 4.59. The van der Waals surface area contributed by atoms with Crippen molar-refractivity contribution >= 4 is 21.6 Å². The van der Waals surface area contributed by atoms with Gasteiger partial charge in [0.1, 0.15) is 12.3 Å². The number of carbonyl (C=O) groups is 1. The number of amides is 1. The van der Waals surface area contributed by atoms with Crippen molar-refractivity contribution in [1.82, 2.24) is 5.32 Å². The molecule has 3 rings (SSSR count). The van der Waals surface area contributed by atoms with Crippen LogP contribution >= 0.6 is 0 Å². The van der Waals surface area contributed by atoms with Crippen LogP contribution in [0.4, 0.5) is 5.69 Å². The topological polar surface area (TPSA) is 75.7 Å². The number of rotatable bonds is 10. The van der Waals surface area contributed by atoms with Crippen molar-refractivity contribution < 1.29 is 17.9 Å². The van der Waals surface area contributed by atoms with Gasteiger partial charge in [0.25, 0.3) is 10.0 Å². The summed E-state index contributed by atoms with van der Waals surface area (Å²) in [6.45, 7) is 2.26. The Morgan fingerprint density at radius 1 is 0.903 bits per heavy atom. The molecular weight excluding hydrogens is 412 g/mol. The lowest BCUT2D eigenvalue weighted by atomic mass is 10.1. The number of anilines is 1. The SMILES string of the molecule is CCOc1ccccc1N(CC(=O)NCCc1ccccc1)S(=O)(=O)c1ccccc1. The predicted molar refractivity (Wildman–Crippen MR) is 122 cm³/mol. The van der Waals surface area contributed by atoms with Gasteiger partial charge in [-0.25, -0.2) is 8.42 Å². The van der Waals surface area contributed by atoms with Gasteiger partial charge in [-0.1, -0.05) is 60.7 Å². The van der Waals surface area contributed by atoms with E-state index in [-0.39, 0.29) is 17.3 Å². The second-order valence-electron chi connectivity index (χ2n) is 6.81. The van der Waals surface area contributed by atoms with Crippen LogP contribution in [0.15, 0.2) is 89.8 Å². The number of nitrogens with zero attached hydrogens (tertiary/aromatic N) is 1. The van der Waals surface area contributed by atoms with E-state index in [1.165, 1.54) is 12.1 Å². The van der Waals surface area contributed by atoms with E-state index in [0.717, 1.165) is 9.87 Å². The maximum Gasteiger partial charge on any atom is 0.264 e. The Hall–Kier alpha value is -3.32. The summed E-state index contributed by atoms with van der Waals surface area (Å²) in [6.07, 6.45) is 0.660. The van der Waals surface area contributed by atoms with Crippen LogP contribution in [-0.4, -0.2) is 34.0 Å². The zero-order chi connectivity index (χ0) is 22.1. The minimum absolute atomic E-state index is 0.110. The summed E-state index contributed by atoms with van der Waals surface area (Å²) in [7, 11) is -3.97. The number of para-hydroxylation sites is 2. The quantitative estimate of drug-likeness (QED) is 0.524. The minimum Gasteiger partial charge on any atom is -0.492 e. The normalized spacial score (nSPS) is 11.0. The average Bonchev–Trinajstić information content (AvgIpc) is 2.79. The van der Waals surface area contributed by atoms with Crippen LogP contribution in [0, 0.1) is 0 Å². The third-order valence-electron chi connectivity index (χ3n) is 4.63. The molecular formula is C24H26N2O4S. The molecule has 162 valence electrons. The smallest absolute Gasteiger partial charge is 0.264 e. The first-order valence-electron chi connectivity index (χ1n) is 10.1. The van der Waals surface area contributed by atoms with Gasteiger partial charge in [-0.2, -0.15) is 0 Å². The fourth-order valence-electron chi connectivity index (χ4n) is 3.14. The Kier molecular flexibility index (Phi) is 7.67. The highest BCUT2D eigenvalue weighted by Gasteiger charge is 2.29. The lowest BCUT2D eigenvalue weighted by Gasteiger charge is -2.26. The number of ether oxygens (including phenoxy) is 1. The van der Waals surface area contributed by atoms with Gasteiger partial charge in [0, 0.05) is 6.54 Å². The Labute approximate surface area is 183 Å². The van der Waals surface area contributed by atoms with Crippen LogP contribution in [0.5, 0.6) is 5.75 Å². The van der Waals surface area contributed by atoms with Crippen molar-refractivity contribution in [3.63, 3.8) is 0 Å². The van der Waals surface area contributed by atoms with Gasteiger partial charge in [0.2, 0.25) is 5.91 Å². The first-order valence-corrected chi connectivity index (χ1v) is 11.6. The molecule has 0 aliphatic rings. The standard InChI is InChI=1S/C24H26N2O4S/c1-2-30-23-16-10-9-15-22(23)26(31(28,29)21-13-7-4-8-14-21)19-24(27)25-18-17-20-11-5-3-6-12-20/h3-16H,2,17-19H2,1H3,(H,25,27). The van der Waals surface area contributed by atoms with Crippen molar-refractivity contribution in [3.8, 4) is 5.75 Å². The number of hydrogen-bond acceptors (Lipinski definition) is 4. The van der Waals surface area contributed by atoms with E-state index in [2.05, 4.69) is 5.32 Å². The van der Waals surface area contributed by atoms with E-state index >= 15 is 0 Å². The molecule has 3 aromatic carbocycles. The molecule has 0 aliphatic heterocycles. The van der Waals surface area contributed by atoms with Gasteiger partial charge in [-0.05, 0) is 43.2 Å². The van der Waals surface area contributed by atoms with Gasteiger partial charge >= 0.3 is 0 Å². The van der Waals surface area contributed by atoms with Crippen molar-refractivity contribution in [2.75, 3.05) is 24.0 Å². The van der Waals surface area contributed by atoms with Gasteiger partial charge in [-0.15, -0.1) is 0 Å². The zero-order valence-electron chi connectivity index (χ0n) is 17.4. The third-order valence-corrected chi connectivity index (χ3v) is 6.40. The molecule has 0 bridgehead atoms. The number of nitrogens with one attached hydrogen (secondary N) is 1. The van der Waals surface area contributed by atoms with E-state index in [9.17, 15) is 13.2 Å². The number of carbonyl (C=O) groups excluding carboxylic acids is 1. The molecule has 0 heterocycles. The van der Waals surface area contributed by atoms with Crippen LogP contribution in [0.3, 0.4) is 0 Å². The molecule has 6 nitrogen and oxygen atoms in total. The van der Waals surface area contributed by atoms with Gasteiger partial charge in [-0.3, -0.25) is 9.10 Å². The van der Waals surface area contributed by atoms with Crippen molar-refractivity contribution in [2.45, 2.75) is 18.2 Å². The van der Waals surface area contributed by atoms with Crippen LogP contribution in [0.1, 0.15) is 12.5 Å². The van der Waals surface area contributed by atoms with E-state index in [1.807, 2.05) is 37.3 Å². The summed E-state index contributed by atoms with van der Waals surface area (Å²) in [5.74, 6) is 0.0170. The molecule has 1 amide bonds. The molecule has 0 unspecified atom stereocenters. The molecule has 0 spiro atoms. The Balaban J connectivity index is 1.83. The summed E-state index contributed by atoms with van der Waals surface area (Å²) in [4.78, 5) is 12.8. The second-order valence-corrected chi connectivity index (χ2v) is 8.67. The number of benzene rings is 3. The van der Waals surface area contributed by atoms with Crippen molar-refractivity contribution in [1.29, 1.82) is 0 Å². The third kappa shape index (κ3) is 5.86. The zero-order valence-corrected chi connectivity index (χ0v) is 18.2. The average molecular weight is 439 g/mol. The number of hydrogen-bond donors (Lipinski definition) is 1. The highest BCUT2D eigenvalue weighted by Crippen LogP contribution is 2.32. The Morgan fingerprint density at radius 3 is 2.19 bits per heavy atom. The predicted octanol–water partition coefficient (Wildman–Crippen LogP) is 3.64. The summed E-state index contributed by atoms with van der Waals surface area (Å²) in [6, 6.07) is 24.7. The molecule has 3 aromatic rings. The molecule has 7 heteroatoms. The molecule has 0 aromatic heterocycles. The summed E-state index contributed by atoms with van der Waals surface area (Å²) in [5, 5.41) is 2.82. The molecule has 31 heavy (non-hydrogen) atoms. The maximum atomic E-state index is 13.4. The van der Waals surface area contributed by atoms with Crippen molar-refractivity contribution in [3.05, 3.63) is 90.5 Å². The molecule has 0 atom stereocenters. The maximum absolute atomic E-state index is 13.4. The van der Waals surface area contributed by atoms with Crippen LogP contribution in [0.2, 0.25) is 0 Å². The molecule has 0 aliphatic carbocycles. The first-order chi connectivity index (χ1) is 15.0. The summed E-state index contributed by atoms with van der Waals surface area (Å²) in [5.41, 5.74) is 1.42. The van der Waals surface area contributed by atoms with Crippen LogP contribution in [0.25, 0.3) is 0 Å². The largest absolute Gasteiger partial charge is 0.492 e. The first kappa shape index (κ1) is 22.4. The van der Waals surface area contributed by atoms with E-state index in [0.29, 0.717) is 31.0 Å². The molecule has 0 saturated carbocycles. The van der Waals surface area contributed by atoms with Gasteiger partial charge in [0.05, 0.1) is 17.2 Å². The fraction of sp³-hybridized carbons (Fsp3) is 0.208. The lowest BCUT2D eigenvalue weighted by Crippen LogP contribution is -2.41. The van der Waals surface area contributed by atoms with Gasteiger partial charge in [0.15, 0.2) is 0 Å². The van der Waals surface area contributed by atoms with Gasteiger partial charge < -0.3 is 10.1 Å². The van der Waals surface area contributed by atoms with E-state index in [1.54, 1.807) is 42.5 Å². The second kappa shape index (κ2) is 10.6. The van der Waals surface area contributed by atoms with E-state index < -0.39 is 10.0 Å². The van der Waals surface area contributed by atoms with Crippen LogP contribution in [-0.2, 0) is 21.2 Å². The summed E-state index contributed by atoms with van der Waals surface area (Å²) < 4.78 is 33.6.